The topological polar surface area (TPSA) is 84.2 Å². The van der Waals surface area contributed by atoms with Crippen LogP contribution < -0.4 is 14.2 Å². The van der Waals surface area contributed by atoms with Crippen LogP contribution in [0, 0.1) is 24.3 Å². The fourth-order valence-electron chi connectivity index (χ4n) is 5.27. The van der Waals surface area contributed by atoms with Crippen LogP contribution in [0.25, 0.3) is 50.3 Å². The summed E-state index contributed by atoms with van der Waals surface area (Å²) in [5, 5.41) is 1.84. The first-order chi connectivity index (χ1) is 23.2. The van der Waals surface area contributed by atoms with Gasteiger partial charge in [-0.1, -0.05) is 47.4 Å². The van der Waals surface area contributed by atoms with Crippen molar-refractivity contribution in [1.82, 2.24) is 24.5 Å². The van der Waals surface area contributed by atoms with Crippen molar-refractivity contribution in [3.63, 3.8) is 0 Å². The Balaban J connectivity index is 0.00000208. The fourth-order valence-corrected chi connectivity index (χ4v) is 5.27. The maximum absolute atomic E-state index is 6.27. The van der Waals surface area contributed by atoms with Gasteiger partial charge in [-0.15, -0.1) is 71.8 Å². The molecule has 0 aliphatic carbocycles. The summed E-state index contributed by atoms with van der Waals surface area (Å²) in [7, 11) is 1.58. The minimum atomic E-state index is 0. The van der Waals surface area contributed by atoms with Gasteiger partial charge >= 0.3 is 42.1 Å². The van der Waals surface area contributed by atoms with Gasteiger partial charge < -0.3 is 28.7 Å². The first-order valence-corrected chi connectivity index (χ1v) is 14.7. The predicted molar refractivity (Wildman–Crippen MR) is 178 cm³/mol. The Morgan fingerprint density at radius 1 is 0.510 bits per heavy atom. The van der Waals surface area contributed by atoms with Gasteiger partial charge in [0.2, 0.25) is 5.95 Å². The van der Waals surface area contributed by atoms with Gasteiger partial charge in [0.25, 0.3) is 0 Å². The van der Waals surface area contributed by atoms with Crippen LogP contribution in [0.5, 0.6) is 28.7 Å². The van der Waals surface area contributed by atoms with Gasteiger partial charge in [-0.25, -0.2) is 9.97 Å². The van der Waals surface area contributed by atoms with Crippen molar-refractivity contribution in [2.45, 2.75) is 0 Å². The SMILES string of the molecule is COc1cnc(-n2c3[c-]c(Oc4[c-]c(-c5ccccn5)ccc4)ccc3c3ccc(Oc4[c-]c(-c5ccccn5)ccc4)[c-]c32)nc1.[Pt+2].[Pt+2]. The number of nitrogens with zero attached hydrogens (tertiary/aromatic N) is 5. The van der Waals surface area contributed by atoms with Crippen LogP contribution in [-0.4, -0.2) is 31.6 Å². The molecular weight excluding hydrogens is 977 g/mol. The van der Waals surface area contributed by atoms with Gasteiger partial charge in [0.05, 0.1) is 19.5 Å². The van der Waals surface area contributed by atoms with E-state index in [1.807, 2.05) is 102 Å². The van der Waals surface area contributed by atoms with E-state index in [1.165, 1.54) is 0 Å². The molecule has 0 aliphatic heterocycles. The molecule has 10 heteroatoms. The molecule has 0 spiro atoms. The second-order valence-corrected chi connectivity index (χ2v) is 10.4. The molecular formula is C39H23N5O3Pt2. The van der Waals surface area contributed by atoms with Crippen LogP contribution in [0.15, 0.2) is 122 Å². The van der Waals surface area contributed by atoms with Gasteiger partial charge in [-0.3, -0.25) is 0 Å². The summed E-state index contributed by atoms with van der Waals surface area (Å²) in [5.74, 6) is 3.04. The molecule has 242 valence electrons. The standard InChI is InChI=1S/C39H23N5O3.2Pt/c1-45-32-24-42-39(43-25-32)44-37-22-30(46-28-10-6-8-26(20-28)35-12-2-4-18-40-35)14-16-33(37)34-17-15-31(23-38(34)44)47-29-11-7-9-27(21-29)36-13-3-5-19-41-36;;/h2-19,24-25H,1H3;;/q-4;2*+2. The van der Waals surface area contributed by atoms with E-state index >= 15 is 0 Å². The smallest absolute Gasteiger partial charge is 0.503 e. The number of benzene rings is 4. The molecule has 8 nitrogen and oxygen atoms in total. The monoisotopic (exact) mass is 999 g/mol. The van der Waals surface area contributed by atoms with E-state index in [0.29, 0.717) is 45.7 Å². The first-order valence-electron chi connectivity index (χ1n) is 14.7. The first kappa shape index (κ1) is 33.7. The van der Waals surface area contributed by atoms with E-state index in [4.69, 9.17) is 14.2 Å². The molecule has 4 heterocycles. The number of aromatic nitrogens is 5. The molecule has 0 amide bonds. The maximum Gasteiger partial charge on any atom is 2.00 e. The summed E-state index contributed by atoms with van der Waals surface area (Å²) in [5.41, 5.74) is 4.69. The van der Waals surface area contributed by atoms with Gasteiger partial charge in [-0.2, -0.15) is 22.9 Å². The van der Waals surface area contributed by atoms with Crippen LogP contribution in [0.2, 0.25) is 0 Å². The van der Waals surface area contributed by atoms with Gasteiger partial charge in [-0.05, 0) is 23.5 Å². The molecule has 0 N–H and O–H groups in total. The molecule has 8 aromatic rings. The number of ether oxygens (including phenoxy) is 3. The summed E-state index contributed by atoms with van der Waals surface area (Å²) in [4.78, 5) is 18.0. The van der Waals surface area contributed by atoms with E-state index in [9.17, 15) is 0 Å². The van der Waals surface area contributed by atoms with Crippen LogP contribution >= 0.6 is 0 Å². The summed E-state index contributed by atoms with van der Waals surface area (Å²) in [6.45, 7) is 0. The molecule has 0 bridgehead atoms. The van der Waals surface area contributed by atoms with Crippen LogP contribution in [0.4, 0.5) is 0 Å². The molecule has 8 rings (SSSR count). The minimum Gasteiger partial charge on any atom is -0.503 e. The summed E-state index contributed by atoms with van der Waals surface area (Å²) in [6, 6.07) is 44.2. The quantitative estimate of drug-likeness (QED) is 0.141. The molecule has 4 aromatic heterocycles. The number of hydrogen-bond donors (Lipinski definition) is 0. The average Bonchev–Trinajstić information content (AvgIpc) is 3.45. The second-order valence-electron chi connectivity index (χ2n) is 10.4. The van der Waals surface area contributed by atoms with E-state index in [-0.39, 0.29) is 42.1 Å². The van der Waals surface area contributed by atoms with E-state index in [2.05, 4.69) is 44.2 Å². The zero-order valence-electron chi connectivity index (χ0n) is 25.6. The number of pyridine rings is 2. The fraction of sp³-hybridized carbons (Fsp3) is 0.0256. The van der Waals surface area contributed by atoms with E-state index in [1.54, 1.807) is 31.9 Å². The molecule has 0 saturated carbocycles. The third-order valence-corrected chi connectivity index (χ3v) is 7.44. The third-order valence-electron chi connectivity index (χ3n) is 7.44. The Bertz CT molecular complexity index is 2210. The average molecular weight is 1000 g/mol. The predicted octanol–water partition coefficient (Wildman–Crippen LogP) is 8.49. The number of rotatable bonds is 8. The zero-order valence-corrected chi connectivity index (χ0v) is 30.2. The van der Waals surface area contributed by atoms with Gasteiger partial charge in [0.1, 0.15) is 0 Å². The van der Waals surface area contributed by atoms with E-state index < -0.39 is 0 Å². The van der Waals surface area contributed by atoms with Crippen LogP contribution in [0.3, 0.4) is 0 Å². The normalized spacial score (nSPS) is 10.6. The zero-order chi connectivity index (χ0) is 31.6. The molecule has 0 fully saturated rings. The Morgan fingerprint density at radius 3 is 1.45 bits per heavy atom. The van der Waals surface area contributed by atoms with Gasteiger partial charge in [0.15, 0.2) is 5.75 Å². The summed E-state index contributed by atoms with van der Waals surface area (Å²) < 4.78 is 19.7. The number of fused-ring (bicyclic) bond motifs is 3. The number of hydrogen-bond acceptors (Lipinski definition) is 7. The third kappa shape index (κ3) is 7.03. The van der Waals surface area contributed by atoms with Gasteiger partial charge in [0, 0.05) is 35.4 Å². The van der Waals surface area contributed by atoms with Crippen LogP contribution in [0.1, 0.15) is 0 Å². The molecule has 0 radical (unpaired) electrons. The van der Waals surface area contributed by atoms with Crippen LogP contribution in [-0.2, 0) is 42.1 Å². The van der Waals surface area contributed by atoms with E-state index in [0.717, 1.165) is 33.3 Å². The minimum absolute atomic E-state index is 0. The molecule has 0 saturated heterocycles. The van der Waals surface area contributed by atoms with Crippen molar-refractivity contribution < 1.29 is 56.3 Å². The largest absolute Gasteiger partial charge is 2.00 e. The van der Waals surface area contributed by atoms with Crippen molar-refractivity contribution in [3.8, 4) is 57.2 Å². The Morgan fingerprint density at radius 2 is 1.00 bits per heavy atom. The Kier molecular flexibility index (Phi) is 10.3. The molecule has 0 unspecified atom stereocenters. The molecule has 4 aromatic carbocycles. The Labute approximate surface area is 311 Å². The van der Waals surface area contributed by atoms with Crippen molar-refractivity contribution in [3.05, 3.63) is 146 Å². The van der Waals surface area contributed by atoms with Crippen molar-refractivity contribution in [1.29, 1.82) is 0 Å². The molecule has 49 heavy (non-hydrogen) atoms. The summed E-state index contributed by atoms with van der Waals surface area (Å²) in [6.07, 6.45) is 6.75. The Hall–Kier alpha value is -5.16. The second kappa shape index (κ2) is 14.9. The molecule has 0 atom stereocenters. The van der Waals surface area contributed by atoms with Crippen molar-refractivity contribution >= 4 is 21.8 Å². The summed E-state index contributed by atoms with van der Waals surface area (Å²) >= 11 is 0. The maximum atomic E-state index is 6.27. The van der Waals surface area contributed by atoms with Crippen molar-refractivity contribution in [2.24, 2.45) is 0 Å². The number of methoxy groups -OCH3 is 1. The molecule has 0 aliphatic rings. The van der Waals surface area contributed by atoms with Crippen molar-refractivity contribution in [2.75, 3.05) is 7.11 Å².